The predicted molar refractivity (Wildman–Crippen MR) is 87.7 cm³/mol. The second-order valence-corrected chi connectivity index (χ2v) is 5.99. The predicted octanol–water partition coefficient (Wildman–Crippen LogP) is 3.20. The lowest BCUT2D eigenvalue weighted by Gasteiger charge is -2.34. The lowest BCUT2D eigenvalue weighted by atomic mass is 10.0. The van der Waals surface area contributed by atoms with Gasteiger partial charge in [0.2, 0.25) is 0 Å². The van der Waals surface area contributed by atoms with Crippen molar-refractivity contribution in [1.29, 1.82) is 0 Å². The number of hydrogen-bond donors (Lipinski definition) is 1. The molecule has 0 bridgehead atoms. The Bertz CT molecular complexity index is 465. The number of para-hydroxylation sites is 1. The van der Waals surface area contributed by atoms with Crippen LogP contribution >= 0.6 is 0 Å². The van der Waals surface area contributed by atoms with Crippen LogP contribution in [0, 0.1) is 0 Å². The highest BCUT2D eigenvalue weighted by atomic mass is 16.2. The molecule has 1 aliphatic rings. The van der Waals surface area contributed by atoms with E-state index in [0.29, 0.717) is 6.04 Å². The van der Waals surface area contributed by atoms with Gasteiger partial charge in [0.05, 0.1) is 0 Å². The molecule has 0 atom stereocenters. The fourth-order valence-corrected chi connectivity index (χ4v) is 2.87. The van der Waals surface area contributed by atoms with Crippen LogP contribution in [-0.2, 0) is 6.42 Å². The van der Waals surface area contributed by atoms with E-state index in [2.05, 4.69) is 36.5 Å². The lowest BCUT2D eigenvalue weighted by Crippen LogP contribution is -2.46. The van der Waals surface area contributed by atoms with Gasteiger partial charge in [0.1, 0.15) is 0 Å². The highest BCUT2D eigenvalue weighted by Crippen LogP contribution is 2.21. The quantitative estimate of drug-likeness (QED) is 0.924. The van der Waals surface area contributed by atoms with Crippen molar-refractivity contribution >= 4 is 11.7 Å². The number of rotatable bonds is 4. The van der Waals surface area contributed by atoms with Crippen molar-refractivity contribution in [2.24, 2.45) is 0 Å². The molecule has 0 radical (unpaired) electrons. The smallest absolute Gasteiger partial charge is 0.319 e. The summed E-state index contributed by atoms with van der Waals surface area (Å²) in [5, 5.41) is 3.67. The van der Waals surface area contributed by atoms with Crippen LogP contribution in [0.2, 0.25) is 0 Å². The summed E-state index contributed by atoms with van der Waals surface area (Å²) in [6.07, 6.45) is 4.30. The number of carbonyl (C=O) groups excluding carboxylic acids is 1. The number of anilines is 1. The zero-order chi connectivity index (χ0) is 15.2. The molecule has 0 aromatic heterocycles. The molecular weight excluding hydrogens is 262 g/mol. The normalized spacial score (nSPS) is 15.9. The molecule has 2 rings (SSSR count). The first-order valence-electron chi connectivity index (χ1n) is 7.92. The first kappa shape index (κ1) is 15.7. The number of nitrogens with one attached hydrogen (secondary N) is 1. The third kappa shape index (κ3) is 4.13. The van der Waals surface area contributed by atoms with Gasteiger partial charge in [-0.15, -0.1) is 0 Å². The minimum Gasteiger partial charge on any atom is -0.382 e. The molecule has 4 nitrogen and oxygen atoms in total. The summed E-state index contributed by atoms with van der Waals surface area (Å²) >= 11 is 0. The van der Waals surface area contributed by atoms with E-state index < -0.39 is 0 Å². The molecule has 1 saturated heterocycles. The molecule has 21 heavy (non-hydrogen) atoms. The Morgan fingerprint density at radius 1 is 1.29 bits per heavy atom. The van der Waals surface area contributed by atoms with Crippen molar-refractivity contribution in [3.05, 3.63) is 29.8 Å². The van der Waals surface area contributed by atoms with Gasteiger partial charge in [-0.3, -0.25) is 0 Å². The van der Waals surface area contributed by atoms with Crippen molar-refractivity contribution in [2.75, 3.05) is 32.5 Å². The molecule has 0 unspecified atom stereocenters. The van der Waals surface area contributed by atoms with Gasteiger partial charge < -0.3 is 15.1 Å². The molecule has 0 spiro atoms. The van der Waals surface area contributed by atoms with Crippen molar-refractivity contribution in [3.8, 4) is 0 Å². The van der Waals surface area contributed by atoms with Crippen molar-refractivity contribution in [3.63, 3.8) is 0 Å². The largest absolute Gasteiger partial charge is 0.382 e. The molecule has 1 aromatic carbocycles. The monoisotopic (exact) mass is 289 g/mol. The van der Waals surface area contributed by atoms with Crippen LogP contribution in [0.1, 0.15) is 31.7 Å². The third-order valence-electron chi connectivity index (χ3n) is 4.04. The Hall–Kier alpha value is -1.71. The third-order valence-corrected chi connectivity index (χ3v) is 4.04. The Morgan fingerprint density at radius 2 is 1.95 bits per heavy atom. The van der Waals surface area contributed by atoms with E-state index in [9.17, 15) is 4.79 Å². The van der Waals surface area contributed by atoms with Gasteiger partial charge in [-0.2, -0.15) is 0 Å². The van der Waals surface area contributed by atoms with Crippen molar-refractivity contribution < 1.29 is 4.79 Å². The van der Waals surface area contributed by atoms with Gasteiger partial charge in [0.15, 0.2) is 0 Å². The summed E-state index contributed by atoms with van der Waals surface area (Å²) in [5.74, 6) is 0. The molecule has 1 heterocycles. The minimum absolute atomic E-state index is 0.125. The maximum atomic E-state index is 11.9. The Morgan fingerprint density at radius 3 is 2.57 bits per heavy atom. The number of nitrogens with zero attached hydrogens (tertiary/aromatic N) is 2. The SMILES string of the molecule is CCCc1ccccc1NC1CCN(C(=O)N(C)C)CC1. The van der Waals surface area contributed by atoms with E-state index in [1.165, 1.54) is 11.3 Å². The average Bonchev–Trinajstić information content (AvgIpc) is 2.49. The Balaban J connectivity index is 1.90. The highest BCUT2D eigenvalue weighted by molar-refractivity contribution is 5.73. The minimum atomic E-state index is 0.125. The molecular formula is C17H27N3O. The van der Waals surface area contributed by atoms with Crippen LogP contribution in [0.15, 0.2) is 24.3 Å². The van der Waals surface area contributed by atoms with Crippen LogP contribution in [0.25, 0.3) is 0 Å². The fourth-order valence-electron chi connectivity index (χ4n) is 2.87. The standard InChI is InChI=1S/C17H27N3O/c1-4-7-14-8-5-6-9-16(14)18-15-10-12-20(13-11-15)17(21)19(2)3/h5-6,8-9,15,18H,4,7,10-13H2,1-3H3. The second-order valence-electron chi connectivity index (χ2n) is 5.99. The summed E-state index contributed by atoms with van der Waals surface area (Å²) in [6, 6.07) is 9.16. The Labute approximate surface area is 128 Å². The molecule has 116 valence electrons. The number of piperidine rings is 1. The molecule has 0 saturated carbocycles. The molecule has 1 aliphatic heterocycles. The highest BCUT2D eigenvalue weighted by Gasteiger charge is 2.23. The summed E-state index contributed by atoms with van der Waals surface area (Å²) in [6.45, 7) is 3.89. The van der Waals surface area contributed by atoms with Gasteiger partial charge >= 0.3 is 6.03 Å². The van der Waals surface area contributed by atoms with Gasteiger partial charge in [-0.1, -0.05) is 31.5 Å². The van der Waals surface area contributed by atoms with Crippen LogP contribution in [-0.4, -0.2) is 49.1 Å². The molecule has 1 fully saturated rings. The van der Waals surface area contributed by atoms with Gasteiger partial charge in [-0.05, 0) is 30.9 Å². The summed E-state index contributed by atoms with van der Waals surface area (Å²) < 4.78 is 0. The number of carbonyl (C=O) groups is 1. The van der Waals surface area contributed by atoms with Gasteiger partial charge in [0, 0.05) is 38.9 Å². The second kappa shape index (κ2) is 7.34. The van der Waals surface area contributed by atoms with E-state index in [0.717, 1.165) is 38.8 Å². The van der Waals surface area contributed by atoms with Crippen LogP contribution < -0.4 is 5.32 Å². The summed E-state index contributed by atoms with van der Waals surface area (Å²) in [5.41, 5.74) is 2.66. The molecule has 0 aliphatic carbocycles. The zero-order valence-corrected chi connectivity index (χ0v) is 13.4. The number of hydrogen-bond acceptors (Lipinski definition) is 2. The average molecular weight is 289 g/mol. The number of amides is 2. The van der Waals surface area contributed by atoms with Crippen LogP contribution in [0.3, 0.4) is 0 Å². The van der Waals surface area contributed by atoms with E-state index >= 15 is 0 Å². The van der Waals surface area contributed by atoms with E-state index in [1.54, 1.807) is 4.90 Å². The maximum Gasteiger partial charge on any atom is 0.319 e. The van der Waals surface area contributed by atoms with Gasteiger partial charge in [-0.25, -0.2) is 4.79 Å². The number of likely N-dealkylation sites (tertiary alicyclic amines) is 1. The Kier molecular flexibility index (Phi) is 5.48. The van der Waals surface area contributed by atoms with E-state index in [4.69, 9.17) is 0 Å². The molecule has 4 heteroatoms. The topological polar surface area (TPSA) is 35.6 Å². The number of benzene rings is 1. The number of aryl methyl sites for hydroxylation is 1. The van der Waals surface area contributed by atoms with Crippen molar-refractivity contribution in [1.82, 2.24) is 9.80 Å². The van der Waals surface area contributed by atoms with Crippen LogP contribution in [0.4, 0.5) is 10.5 Å². The summed E-state index contributed by atoms with van der Waals surface area (Å²) in [4.78, 5) is 15.5. The first-order chi connectivity index (χ1) is 10.1. The molecule has 1 N–H and O–H groups in total. The van der Waals surface area contributed by atoms with Crippen LogP contribution in [0.5, 0.6) is 0 Å². The van der Waals surface area contributed by atoms with E-state index in [1.807, 2.05) is 19.0 Å². The number of urea groups is 1. The maximum absolute atomic E-state index is 11.9. The molecule has 1 aromatic rings. The van der Waals surface area contributed by atoms with Gasteiger partial charge in [0.25, 0.3) is 0 Å². The first-order valence-corrected chi connectivity index (χ1v) is 7.92. The fraction of sp³-hybridized carbons (Fsp3) is 0.588. The van der Waals surface area contributed by atoms with E-state index in [-0.39, 0.29) is 6.03 Å². The zero-order valence-electron chi connectivity index (χ0n) is 13.4. The molecule has 2 amide bonds. The van der Waals surface area contributed by atoms with Crippen molar-refractivity contribution in [2.45, 2.75) is 38.6 Å². The summed E-state index contributed by atoms with van der Waals surface area (Å²) in [7, 11) is 3.63. The lowest BCUT2D eigenvalue weighted by molar-refractivity contribution is 0.158.